The van der Waals surface area contributed by atoms with Gasteiger partial charge in [0.15, 0.2) is 0 Å². The Morgan fingerprint density at radius 1 is 1.41 bits per heavy atom. The largest absolute Gasteiger partial charge is 0.364 e. The fourth-order valence-electron chi connectivity index (χ4n) is 3.58. The van der Waals surface area contributed by atoms with Crippen LogP contribution in [0, 0.1) is 0 Å². The van der Waals surface area contributed by atoms with Crippen molar-refractivity contribution >= 4 is 24.2 Å². The second-order valence-electron chi connectivity index (χ2n) is 6.92. The normalized spacial score (nSPS) is 28.0. The number of carbonyl (C=O) groups is 2. The van der Waals surface area contributed by atoms with Gasteiger partial charge in [0.2, 0.25) is 5.91 Å². The maximum absolute atomic E-state index is 12.6. The molecule has 2 fully saturated rings. The first-order valence-electron chi connectivity index (χ1n) is 7.72. The quantitative estimate of drug-likeness (QED) is 0.827. The van der Waals surface area contributed by atoms with E-state index in [-0.39, 0.29) is 48.5 Å². The van der Waals surface area contributed by atoms with Crippen molar-refractivity contribution in [2.75, 3.05) is 19.6 Å². The third-order valence-electron chi connectivity index (χ3n) is 4.30. The van der Waals surface area contributed by atoms with E-state index >= 15 is 0 Å². The summed E-state index contributed by atoms with van der Waals surface area (Å²) in [6.45, 7) is 9.14. The molecular formula is C15H28ClN3O3. The van der Waals surface area contributed by atoms with Gasteiger partial charge in [0.25, 0.3) is 5.91 Å². The van der Waals surface area contributed by atoms with Gasteiger partial charge in [0, 0.05) is 19.1 Å². The van der Waals surface area contributed by atoms with Crippen LogP contribution in [0.25, 0.3) is 0 Å². The molecule has 7 heteroatoms. The lowest BCUT2D eigenvalue weighted by atomic mass is 9.96. The monoisotopic (exact) mass is 333 g/mol. The van der Waals surface area contributed by atoms with Crippen molar-refractivity contribution in [3.8, 4) is 0 Å². The number of nitrogens with zero attached hydrogens (tertiary/aromatic N) is 2. The lowest BCUT2D eigenvalue weighted by molar-refractivity contribution is -0.160. The Morgan fingerprint density at radius 2 is 2.05 bits per heavy atom. The molecule has 2 atom stereocenters. The predicted octanol–water partition coefficient (Wildman–Crippen LogP) is 0.772. The van der Waals surface area contributed by atoms with Gasteiger partial charge in [-0.3, -0.25) is 9.59 Å². The minimum absolute atomic E-state index is 0. The molecule has 2 saturated heterocycles. The summed E-state index contributed by atoms with van der Waals surface area (Å²) in [5.41, 5.74) is 5.22. The Labute approximate surface area is 138 Å². The first-order chi connectivity index (χ1) is 9.76. The van der Waals surface area contributed by atoms with Crippen LogP contribution in [-0.4, -0.2) is 65.0 Å². The zero-order valence-electron chi connectivity index (χ0n) is 13.9. The van der Waals surface area contributed by atoms with Crippen LogP contribution in [0.2, 0.25) is 0 Å². The van der Waals surface area contributed by atoms with Crippen LogP contribution in [-0.2, 0) is 14.3 Å². The molecule has 6 nitrogen and oxygen atoms in total. The van der Waals surface area contributed by atoms with Crippen LogP contribution < -0.4 is 5.73 Å². The summed E-state index contributed by atoms with van der Waals surface area (Å²) < 4.78 is 5.66. The molecule has 0 spiro atoms. The summed E-state index contributed by atoms with van der Waals surface area (Å²) in [4.78, 5) is 28.4. The predicted molar refractivity (Wildman–Crippen MR) is 86.8 cm³/mol. The SMILES string of the molecule is CC(C)N1C(=O)CN(C(=O)[C@@H]2CC[C@H](CN)O2)CC1(C)C.Cl. The van der Waals surface area contributed by atoms with Crippen LogP contribution in [0.4, 0.5) is 0 Å². The van der Waals surface area contributed by atoms with Crippen molar-refractivity contribution in [1.29, 1.82) is 0 Å². The highest BCUT2D eigenvalue weighted by atomic mass is 35.5. The number of hydrogen-bond donors (Lipinski definition) is 1. The highest BCUT2D eigenvalue weighted by Gasteiger charge is 2.43. The Hall–Kier alpha value is -0.850. The van der Waals surface area contributed by atoms with Gasteiger partial charge < -0.3 is 20.3 Å². The maximum atomic E-state index is 12.6. The zero-order valence-corrected chi connectivity index (χ0v) is 14.7. The number of amides is 2. The van der Waals surface area contributed by atoms with Gasteiger partial charge in [-0.25, -0.2) is 0 Å². The second kappa shape index (κ2) is 7.15. The van der Waals surface area contributed by atoms with Crippen molar-refractivity contribution in [1.82, 2.24) is 9.80 Å². The van der Waals surface area contributed by atoms with E-state index in [1.165, 1.54) is 0 Å². The van der Waals surface area contributed by atoms with E-state index in [2.05, 4.69) is 0 Å². The Morgan fingerprint density at radius 3 is 2.50 bits per heavy atom. The van der Waals surface area contributed by atoms with Crippen molar-refractivity contribution in [3.05, 3.63) is 0 Å². The molecule has 2 amide bonds. The summed E-state index contributed by atoms with van der Waals surface area (Å²) in [7, 11) is 0. The Balaban J connectivity index is 0.00000242. The number of nitrogens with two attached hydrogens (primary N) is 1. The van der Waals surface area contributed by atoms with Crippen LogP contribution in [0.1, 0.15) is 40.5 Å². The Bertz CT molecular complexity index is 428. The molecule has 0 aromatic carbocycles. The Kier molecular flexibility index (Phi) is 6.24. The molecule has 0 radical (unpaired) electrons. The van der Waals surface area contributed by atoms with Crippen molar-refractivity contribution in [2.45, 2.75) is 64.3 Å². The number of carbonyl (C=O) groups excluding carboxylic acids is 2. The number of halogens is 1. The van der Waals surface area contributed by atoms with Gasteiger partial charge in [0.1, 0.15) is 6.10 Å². The summed E-state index contributed by atoms with van der Waals surface area (Å²) in [6.07, 6.45) is 1.04. The van der Waals surface area contributed by atoms with Crippen molar-refractivity contribution < 1.29 is 14.3 Å². The molecular weight excluding hydrogens is 306 g/mol. The average molecular weight is 334 g/mol. The fourth-order valence-corrected chi connectivity index (χ4v) is 3.58. The fraction of sp³-hybridized carbons (Fsp3) is 0.867. The number of piperazine rings is 1. The summed E-state index contributed by atoms with van der Waals surface area (Å²) in [6, 6.07) is 0.133. The second-order valence-corrected chi connectivity index (χ2v) is 6.92. The van der Waals surface area contributed by atoms with E-state index in [0.717, 1.165) is 6.42 Å². The highest BCUT2D eigenvalue weighted by Crippen LogP contribution is 2.27. The molecule has 2 rings (SSSR count). The molecule has 2 aliphatic rings. The van der Waals surface area contributed by atoms with E-state index < -0.39 is 6.10 Å². The molecule has 2 N–H and O–H groups in total. The molecule has 128 valence electrons. The molecule has 0 aromatic rings. The molecule has 2 aliphatic heterocycles. The summed E-state index contributed by atoms with van der Waals surface area (Å²) in [5.74, 6) is -0.0706. The molecule has 0 bridgehead atoms. The minimum atomic E-state index is -0.437. The lowest BCUT2D eigenvalue weighted by Gasteiger charge is -2.49. The van der Waals surface area contributed by atoms with E-state index in [1.807, 2.05) is 32.6 Å². The van der Waals surface area contributed by atoms with E-state index in [4.69, 9.17) is 10.5 Å². The van der Waals surface area contributed by atoms with Crippen LogP contribution >= 0.6 is 12.4 Å². The van der Waals surface area contributed by atoms with Crippen LogP contribution in [0.3, 0.4) is 0 Å². The molecule has 0 aromatic heterocycles. The first kappa shape index (κ1) is 19.2. The van der Waals surface area contributed by atoms with E-state index in [1.54, 1.807) is 4.90 Å². The molecule has 0 unspecified atom stereocenters. The molecule has 22 heavy (non-hydrogen) atoms. The van der Waals surface area contributed by atoms with E-state index in [0.29, 0.717) is 19.5 Å². The third-order valence-corrected chi connectivity index (χ3v) is 4.30. The van der Waals surface area contributed by atoms with Gasteiger partial charge in [-0.15, -0.1) is 12.4 Å². The zero-order chi connectivity index (χ0) is 15.8. The lowest BCUT2D eigenvalue weighted by Crippen LogP contribution is -2.65. The third kappa shape index (κ3) is 3.73. The summed E-state index contributed by atoms with van der Waals surface area (Å²) >= 11 is 0. The smallest absolute Gasteiger partial charge is 0.252 e. The van der Waals surface area contributed by atoms with Crippen molar-refractivity contribution in [3.63, 3.8) is 0 Å². The average Bonchev–Trinajstić information content (AvgIpc) is 2.83. The number of rotatable bonds is 3. The van der Waals surface area contributed by atoms with E-state index in [9.17, 15) is 9.59 Å². The van der Waals surface area contributed by atoms with Crippen molar-refractivity contribution in [2.24, 2.45) is 5.73 Å². The molecule has 0 aliphatic carbocycles. The number of ether oxygens (including phenoxy) is 1. The standard InChI is InChI=1S/C15H27N3O3.ClH/c1-10(2)18-13(19)8-17(9-15(18,3)4)14(20)12-6-5-11(7-16)21-12;/h10-12H,5-9,16H2,1-4H3;1H/t11-,12+;/m1./s1. The minimum Gasteiger partial charge on any atom is -0.364 e. The van der Waals surface area contributed by atoms with Crippen LogP contribution in [0.15, 0.2) is 0 Å². The van der Waals surface area contributed by atoms with Crippen LogP contribution in [0.5, 0.6) is 0 Å². The van der Waals surface area contributed by atoms with Gasteiger partial charge in [0.05, 0.1) is 18.2 Å². The van der Waals surface area contributed by atoms with Gasteiger partial charge in [-0.05, 0) is 40.5 Å². The maximum Gasteiger partial charge on any atom is 0.252 e. The topological polar surface area (TPSA) is 75.9 Å². The molecule has 2 heterocycles. The van der Waals surface area contributed by atoms with Gasteiger partial charge >= 0.3 is 0 Å². The van der Waals surface area contributed by atoms with Gasteiger partial charge in [-0.2, -0.15) is 0 Å². The summed E-state index contributed by atoms with van der Waals surface area (Å²) in [5, 5.41) is 0. The highest BCUT2D eigenvalue weighted by molar-refractivity contribution is 5.89. The first-order valence-corrected chi connectivity index (χ1v) is 7.72. The van der Waals surface area contributed by atoms with Gasteiger partial charge in [-0.1, -0.05) is 0 Å². The molecule has 0 saturated carbocycles. The number of hydrogen-bond acceptors (Lipinski definition) is 4.